The van der Waals surface area contributed by atoms with Gasteiger partial charge in [-0.25, -0.2) is 0 Å². The fraction of sp³-hybridized carbons (Fsp3) is 0. The summed E-state index contributed by atoms with van der Waals surface area (Å²) in [6, 6.07) is 76.4. The second-order valence-corrected chi connectivity index (χ2v) is 14.5. The van der Waals surface area contributed by atoms with Crippen molar-refractivity contribution in [2.75, 3.05) is 4.90 Å². The van der Waals surface area contributed by atoms with Gasteiger partial charge in [0.2, 0.25) is 0 Å². The maximum Gasteiger partial charge on any atom is 0.135 e. The molecule has 56 heavy (non-hydrogen) atoms. The van der Waals surface area contributed by atoms with E-state index in [2.05, 4.69) is 205 Å². The summed E-state index contributed by atoms with van der Waals surface area (Å²) >= 11 is 0. The molecular formula is C54H35NO. The lowest BCUT2D eigenvalue weighted by Gasteiger charge is -2.26. The van der Waals surface area contributed by atoms with Gasteiger partial charge in [0.25, 0.3) is 0 Å². The van der Waals surface area contributed by atoms with E-state index in [4.69, 9.17) is 4.42 Å². The minimum atomic E-state index is 0.911. The highest BCUT2D eigenvalue weighted by molar-refractivity contribution is 6.25. The van der Waals surface area contributed by atoms with E-state index in [0.29, 0.717) is 0 Å². The first-order chi connectivity index (χ1) is 27.7. The Morgan fingerprint density at radius 3 is 1.16 bits per heavy atom. The first kappa shape index (κ1) is 32.0. The lowest BCUT2D eigenvalue weighted by atomic mass is 9.92. The molecular weight excluding hydrogens is 679 g/mol. The molecule has 0 radical (unpaired) electrons. The van der Waals surface area contributed by atoms with E-state index in [1.54, 1.807) is 0 Å². The van der Waals surface area contributed by atoms with Crippen molar-refractivity contribution in [3.05, 3.63) is 212 Å². The van der Waals surface area contributed by atoms with Crippen molar-refractivity contribution in [2.24, 2.45) is 0 Å². The van der Waals surface area contributed by atoms with Crippen LogP contribution in [0.4, 0.5) is 17.1 Å². The summed E-state index contributed by atoms with van der Waals surface area (Å²) in [7, 11) is 0. The fourth-order valence-electron chi connectivity index (χ4n) is 8.48. The van der Waals surface area contributed by atoms with Gasteiger partial charge in [0.15, 0.2) is 0 Å². The second kappa shape index (κ2) is 13.2. The molecule has 0 saturated carbocycles. The average molecular weight is 714 g/mol. The number of nitrogens with zero attached hydrogens (tertiary/aromatic N) is 1. The van der Waals surface area contributed by atoms with Crippen molar-refractivity contribution in [3.8, 4) is 33.4 Å². The zero-order valence-corrected chi connectivity index (χ0v) is 30.6. The number of benzene rings is 10. The number of fused-ring (bicyclic) bond motifs is 9. The number of hydrogen-bond donors (Lipinski definition) is 0. The lowest BCUT2D eigenvalue weighted by Crippen LogP contribution is -2.09. The third kappa shape index (κ3) is 5.42. The summed E-state index contributed by atoms with van der Waals surface area (Å²) in [5.41, 5.74) is 12.3. The SMILES string of the molecule is c1ccc(N(c2ccc(-c3ccc(-c4ccc5c6ccccc6c6ccccc6c5c4)cc3)cc2)c2ccc(-c3ccc4oc5ccccc5c4c3)cc2)cc1. The van der Waals surface area contributed by atoms with Crippen LogP contribution in [0, 0.1) is 0 Å². The maximum absolute atomic E-state index is 6.08. The van der Waals surface area contributed by atoms with Crippen LogP contribution >= 0.6 is 0 Å². The highest BCUT2D eigenvalue weighted by Crippen LogP contribution is 2.40. The Balaban J connectivity index is 0.894. The van der Waals surface area contributed by atoms with Gasteiger partial charge in [-0.3, -0.25) is 0 Å². The molecule has 262 valence electrons. The van der Waals surface area contributed by atoms with Gasteiger partial charge in [0.1, 0.15) is 11.2 Å². The predicted octanol–water partition coefficient (Wildman–Crippen LogP) is 15.5. The van der Waals surface area contributed by atoms with Gasteiger partial charge in [0, 0.05) is 27.8 Å². The van der Waals surface area contributed by atoms with Crippen molar-refractivity contribution >= 4 is 71.3 Å². The van der Waals surface area contributed by atoms with Crippen LogP contribution in [0.2, 0.25) is 0 Å². The summed E-state index contributed by atoms with van der Waals surface area (Å²) in [5.74, 6) is 0. The molecule has 0 atom stereocenters. The van der Waals surface area contributed by atoms with Crippen molar-refractivity contribution in [3.63, 3.8) is 0 Å². The Labute approximate surface area is 325 Å². The largest absolute Gasteiger partial charge is 0.456 e. The van der Waals surface area contributed by atoms with Gasteiger partial charge in [-0.05, 0) is 126 Å². The van der Waals surface area contributed by atoms with E-state index < -0.39 is 0 Å². The molecule has 0 saturated heterocycles. The Hall–Kier alpha value is -7.42. The Morgan fingerprint density at radius 1 is 0.232 bits per heavy atom. The monoisotopic (exact) mass is 713 g/mol. The van der Waals surface area contributed by atoms with Crippen molar-refractivity contribution in [1.82, 2.24) is 0 Å². The Bertz CT molecular complexity index is 3180. The molecule has 0 unspecified atom stereocenters. The van der Waals surface area contributed by atoms with Crippen LogP contribution in [0.1, 0.15) is 0 Å². The Kier molecular flexibility index (Phi) is 7.53. The third-order valence-electron chi connectivity index (χ3n) is 11.3. The van der Waals surface area contributed by atoms with Crippen LogP contribution < -0.4 is 4.90 Å². The van der Waals surface area contributed by atoms with Crippen molar-refractivity contribution in [1.29, 1.82) is 0 Å². The molecule has 11 aromatic rings. The normalized spacial score (nSPS) is 11.6. The zero-order chi connectivity index (χ0) is 37.0. The zero-order valence-electron chi connectivity index (χ0n) is 30.6. The topological polar surface area (TPSA) is 16.4 Å². The molecule has 0 bridgehead atoms. The van der Waals surface area contributed by atoms with Crippen LogP contribution in [0.15, 0.2) is 217 Å². The van der Waals surface area contributed by atoms with Gasteiger partial charge in [-0.15, -0.1) is 0 Å². The number of hydrogen-bond acceptors (Lipinski definition) is 2. The molecule has 11 rings (SSSR count). The van der Waals surface area contributed by atoms with Gasteiger partial charge in [-0.2, -0.15) is 0 Å². The maximum atomic E-state index is 6.08. The highest BCUT2D eigenvalue weighted by Gasteiger charge is 2.15. The lowest BCUT2D eigenvalue weighted by molar-refractivity contribution is 0.669. The van der Waals surface area contributed by atoms with Crippen LogP contribution in [0.5, 0.6) is 0 Å². The van der Waals surface area contributed by atoms with Crippen LogP contribution in [0.25, 0.3) is 87.6 Å². The first-order valence-electron chi connectivity index (χ1n) is 19.2. The summed E-state index contributed by atoms with van der Waals surface area (Å²) in [6.45, 7) is 0. The fourth-order valence-corrected chi connectivity index (χ4v) is 8.48. The highest BCUT2D eigenvalue weighted by atomic mass is 16.3. The Morgan fingerprint density at radius 2 is 0.589 bits per heavy atom. The molecule has 0 fully saturated rings. The third-order valence-corrected chi connectivity index (χ3v) is 11.3. The van der Waals surface area contributed by atoms with Crippen LogP contribution in [-0.2, 0) is 0 Å². The summed E-state index contributed by atoms with van der Waals surface area (Å²) in [4.78, 5) is 2.32. The van der Waals surface area contributed by atoms with Crippen molar-refractivity contribution < 1.29 is 4.42 Å². The van der Waals surface area contributed by atoms with Gasteiger partial charge < -0.3 is 9.32 Å². The summed E-state index contributed by atoms with van der Waals surface area (Å²) in [5, 5.41) is 10.1. The molecule has 2 nitrogen and oxygen atoms in total. The number of para-hydroxylation sites is 2. The molecule has 0 aliphatic heterocycles. The molecule has 2 heteroatoms. The van der Waals surface area contributed by atoms with E-state index in [-0.39, 0.29) is 0 Å². The van der Waals surface area contributed by atoms with Crippen LogP contribution in [0.3, 0.4) is 0 Å². The molecule has 0 aliphatic carbocycles. The molecule has 0 amide bonds. The van der Waals surface area contributed by atoms with Gasteiger partial charge in [-0.1, -0.05) is 152 Å². The minimum absolute atomic E-state index is 0.911. The smallest absolute Gasteiger partial charge is 0.135 e. The molecule has 1 aromatic heterocycles. The van der Waals surface area contributed by atoms with Gasteiger partial charge >= 0.3 is 0 Å². The average Bonchev–Trinajstić information content (AvgIpc) is 3.65. The molecule has 10 aromatic carbocycles. The van der Waals surface area contributed by atoms with Gasteiger partial charge in [0.05, 0.1) is 0 Å². The number of furan rings is 1. The standard InChI is InChI=1S/C54H35NO/c1-2-10-42(11-3-1)55(44-30-24-39(25-31-44)41-27-33-54-52(35-41)50-16-8-9-17-53(50)56-54)43-28-22-37(23-29-43)36-18-20-38(21-19-36)40-26-32-49-47-14-5-4-12-45(47)46-13-6-7-15-48(46)51(49)34-40/h1-35H. The molecule has 0 spiro atoms. The molecule has 0 N–H and O–H groups in total. The van der Waals surface area contributed by atoms with E-state index in [9.17, 15) is 0 Å². The van der Waals surface area contributed by atoms with E-state index in [1.807, 2.05) is 12.1 Å². The quantitative estimate of drug-likeness (QED) is 0.160. The molecule has 1 heterocycles. The van der Waals surface area contributed by atoms with Crippen LogP contribution in [-0.4, -0.2) is 0 Å². The van der Waals surface area contributed by atoms with Crippen molar-refractivity contribution in [2.45, 2.75) is 0 Å². The first-order valence-corrected chi connectivity index (χ1v) is 19.2. The number of rotatable bonds is 6. The number of anilines is 3. The second-order valence-electron chi connectivity index (χ2n) is 14.5. The summed E-state index contributed by atoms with van der Waals surface area (Å²) in [6.07, 6.45) is 0. The summed E-state index contributed by atoms with van der Waals surface area (Å²) < 4.78 is 6.08. The minimum Gasteiger partial charge on any atom is -0.456 e. The van der Waals surface area contributed by atoms with E-state index >= 15 is 0 Å². The van der Waals surface area contributed by atoms with E-state index in [0.717, 1.165) is 39.0 Å². The molecule has 0 aliphatic rings. The van der Waals surface area contributed by atoms with E-state index in [1.165, 1.54) is 65.7 Å². The predicted molar refractivity (Wildman–Crippen MR) is 237 cm³/mol.